The number of nitrogens with zero attached hydrogens (tertiary/aromatic N) is 4. The molecule has 0 saturated carbocycles. The zero-order chi connectivity index (χ0) is 26.9. The minimum Gasteiger partial charge on any atom is -0.391 e. The fraction of sp³-hybridized carbons (Fsp3) is 0.500. The largest absolute Gasteiger partial charge is 0.391 e. The van der Waals surface area contributed by atoms with Gasteiger partial charge in [0.05, 0.1) is 28.4 Å². The van der Waals surface area contributed by atoms with E-state index in [4.69, 9.17) is 0 Å². The van der Waals surface area contributed by atoms with E-state index in [1.165, 1.54) is 4.90 Å². The lowest BCUT2D eigenvalue weighted by atomic mass is 9.90. The third-order valence-electron chi connectivity index (χ3n) is 6.93. The standard InChI is InChI=1S/C28H37N5O3S/c1-17(2)24(33-14-21(13-31-33)28(4,5)6)27(36)32-15-22(34)11-23(32)26(35)29-12-19-7-9-20(10-8-19)25-18(3)30-16-37-25/h7-10,13-14,16-17,22-24,34H,11-12,15H2,1-6H3,(H,29,35)/t22-,23+,24?/m1/s1. The molecule has 1 aromatic carbocycles. The second-order valence-electron chi connectivity index (χ2n) is 11.2. The summed E-state index contributed by atoms with van der Waals surface area (Å²) in [5, 5.41) is 17.9. The Kier molecular flexibility index (Phi) is 7.85. The molecule has 3 aromatic rings. The van der Waals surface area contributed by atoms with E-state index in [2.05, 4.69) is 36.2 Å². The molecule has 2 amide bonds. The third-order valence-corrected chi connectivity index (χ3v) is 7.91. The number of hydrogen-bond donors (Lipinski definition) is 2. The highest BCUT2D eigenvalue weighted by atomic mass is 32.1. The van der Waals surface area contributed by atoms with E-state index >= 15 is 0 Å². The van der Waals surface area contributed by atoms with Crippen LogP contribution in [0.4, 0.5) is 0 Å². The van der Waals surface area contributed by atoms with Gasteiger partial charge in [-0.05, 0) is 34.9 Å². The monoisotopic (exact) mass is 523 g/mol. The van der Waals surface area contributed by atoms with E-state index in [-0.39, 0.29) is 36.1 Å². The fourth-order valence-corrected chi connectivity index (χ4v) is 5.53. The first-order valence-corrected chi connectivity index (χ1v) is 13.6. The molecule has 9 heteroatoms. The molecular weight excluding hydrogens is 486 g/mol. The van der Waals surface area contributed by atoms with E-state index in [0.29, 0.717) is 6.54 Å². The van der Waals surface area contributed by atoms with Crippen LogP contribution in [0.1, 0.15) is 63.9 Å². The van der Waals surface area contributed by atoms with Crippen LogP contribution in [0.15, 0.2) is 42.2 Å². The van der Waals surface area contributed by atoms with Crippen LogP contribution in [0.2, 0.25) is 0 Å². The van der Waals surface area contributed by atoms with Gasteiger partial charge >= 0.3 is 0 Å². The Balaban J connectivity index is 1.45. The van der Waals surface area contributed by atoms with E-state index < -0.39 is 18.2 Å². The van der Waals surface area contributed by atoms with Crippen molar-refractivity contribution in [3.8, 4) is 10.4 Å². The van der Waals surface area contributed by atoms with Crippen LogP contribution >= 0.6 is 11.3 Å². The first kappa shape index (κ1) is 27.0. The Labute approximate surface area is 222 Å². The van der Waals surface area contributed by atoms with Crippen LogP contribution < -0.4 is 5.32 Å². The Hall–Kier alpha value is -3.04. The number of hydrogen-bond acceptors (Lipinski definition) is 6. The maximum absolute atomic E-state index is 13.7. The van der Waals surface area contributed by atoms with Crippen molar-refractivity contribution in [1.82, 2.24) is 25.0 Å². The van der Waals surface area contributed by atoms with Crippen molar-refractivity contribution >= 4 is 23.2 Å². The molecule has 37 heavy (non-hydrogen) atoms. The summed E-state index contributed by atoms with van der Waals surface area (Å²) >= 11 is 1.60. The lowest BCUT2D eigenvalue weighted by Crippen LogP contribution is -2.49. The van der Waals surface area contributed by atoms with Crippen LogP contribution in [0.3, 0.4) is 0 Å². The quantitative estimate of drug-likeness (QED) is 0.486. The van der Waals surface area contributed by atoms with Gasteiger partial charge in [0, 0.05) is 25.7 Å². The third kappa shape index (κ3) is 5.93. The second kappa shape index (κ2) is 10.8. The van der Waals surface area contributed by atoms with Crippen molar-refractivity contribution in [3.63, 3.8) is 0 Å². The molecule has 0 spiro atoms. The Morgan fingerprint density at radius 2 is 1.92 bits per heavy atom. The van der Waals surface area contributed by atoms with Gasteiger partial charge in [-0.2, -0.15) is 5.10 Å². The minimum absolute atomic E-state index is 0.0395. The lowest BCUT2D eigenvalue weighted by Gasteiger charge is -2.30. The molecule has 3 heterocycles. The van der Waals surface area contributed by atoms with Crippen LogP contribution in [-0.2, 0) is 21.5 Å². The molecule has 1 aliphatic heterocycles. The summed E-state index contributed by atoms with van der Waals surface area (Å²) in [5.74, 6) is -0.493. The van der Waals surface area contributed by atoms with Gasteiger partial charge in [-0.25, -0.2) is 4.98 Å². The molecule has 1 aliphatic rings. The van der Waals surface area contributed by atoms with Crippen LogP contribution in [0.5, 0.6) is 0 Å². The van der Waals surface area contributed by atoms with E-state index in [0.717, 1.165) is 27.3 Å². The molecule has 0 bridgehead atoms. The van der Waals surface area contributed by atoms with Gasteiger partial charge in [0.2, 0.25) is 11.8 Å². The molecule has 3 atom stereocenters. The predicted molar refractivity (Wildman–Crippen MR) is 145 cm³/mol. The summed E-state index contributed by atoms with van der Waals surface area (Å²) in [4.78, 5) is 33.9. The number of nitrogens with one attached hydrogen (secondary N) is 1. The number of benzene rings is 1. The first-order chi connectivity index (χ1) is 17.5. The number of aliphatic hydroxyl groups is 1. The summed E-state index contributed by atoms with van der Waals surface area (Å²) in [6.07, 6.45) is 3.20. The zero-order valence-electron chi connectivity index (χ0n) is 22.4. The van der Waals surface area contributed by atoms with E-state index in [9.17, 15) is 14.7 Å². The summed E-state index contributed by atoms with van der Waals surface area (Å²) in [6.45, 7) is 12.7. The number of carbonyl (C=O) groups is 2. The lowest BCUT2D eigenvalue weighted by molar-refractivity contribution is -0.142. The van der Waals surface area contributed by atoms with Gasteiger partial charge < -0.3 is 15.3 Å². The summed E-state index contributed by atoms with van der Waals surface area (Å²) < 4.78 is 1.71. The highest BCUT2D eigenvalue weighted by molar-refractivity contribution is 7.13. The van der Waals surface area contributed by atoms with Gasteiger partial charge in [-0.1, -0.05) is 58.9 Å². The second-order valence-corrected chi connectivity index (χ2v) is 12.1. The Morgan fingerprint density at radius 1 is 1.22 bits per heavy atom. The average Bonchev–Trinajstić information content (AvgIpc) is 3.57. The molecule has 1 fully saturated rings. The SMILES string of the molecule is Cc1ncsc1-c1ccc(CNC(=O)[C@@H]2C[C@@H](O)CN2C(=O)C(C(C)C)n2cc(C(C)(C)C)cn2)cc1. The van der Waals surface area contributed by atoms with Gasteiger partial charge in [-0.3, -0.25) is 14.3 Å². The zero-order valence-corrected chi connectivity index (χ0v) is 23.2. The van der Waals surface area contributed by atoms with Crippen molar-refractivity contribution in [2.24, 2.45) is 5.92 Å². The molecule has 0 radical (unpaired) electrons. The topological polar surface area (TPSA) is 100 Å². The average molecular weight is 524 g/mol. The number of aryl methyl sites for hydroxylation is 1. The molecular formula is C28H37N5O3S. The highest BCUT2D eigenvalue weighted by Crippen LogP contribution is 2.30. The number of amides is 2. The van der Waals surface area contributed by atoms with Gasteiger partial charge in [0.1, 0.15) is 12.1 Å². The number of carbonyl (C=O) groups excluding carboxylic acids is 2. The Morgan fingerprint density at radius 3 is 2.49 bits per heavy atom. The molecule has 0 aliphatic carbocycles. The van der Waals surface area contributed by atoms with E-state index in [1.54, 1.807) is 22.2 Å². The van der Waals surface area contributed by atoms with Crippen LogP contribution in [0.25, 0.3) is 10.4 Å². The summed E-state index contributed by atoms with van der Waals surface area (Å²) in [6, 6.07) is 6.75. The fourth-order valence-electron chi connectivity index (χ4n) is 4.72. The van der Waals surface area contributed by atoms with Crippen molar-refractivity contribution in [2.45, 2.75) is 78.1 Å². The number of aliphatic hydroxyl groups excluding tert-OH is 1. The number of likely N-dealkylation sites (tertiary alicyclic amines) is 1. The predicted octanol–water partition coefficient (Wildman–Crippen LogP) is 4.09. The minimum atomic E-state index is -0.739. The molecule has 2 aromatic heterocycles. The summed E-state index contributed by atoms with van der Waals surface area (Å²) in [7, 11) is 0. The van der Waals surface area contributed by atoms with Gasteiger partial charge in [0.25, 0.3) is 0 Å². The molecule has 1 unspecified atom stereocenters. The number of rotatable bonds is 7. The van der Waals surface area contributed by atoms with Gasteiger partial charge in [0.15, 0.2) is 0 Å². The van der Waals surface area contributed by atoms with E-state index in [1.807, 2.05) is 56.7 Å². The first-order valence-electron chi connectivity index (χ1n) is 12.8. The molecule has 2 N–H and O–H groups in total. The maximum Gasteiger partial charge on any atom is 0.248 e. The normalized spacial score (nSPS) is 18.9. The van der Waals surface area contributed by atoms with Crippen molar-refractivity contribution in [2.75, 3.05) is 6.54 Å². The van der Waals surface area contributed by atoms with Crippen LogP contribution in [0, 0.1) is 12.8 Å². The van der Waals surface area contributed by atoms with Gasteiger partial charge in [-0.15, -0.1) is 11.3 Å². The Bertz CT molecular complexity index is 1240. The number of β-amino-alcohol motifs (C(OH)–C–C–N with tert-alkyl or cyclic N) is 1. The number of aromatic nitrogens is 3. The summed E-state index contributed by atoms with van der Waals surface area (Å²) in [5.41, 5.74) is 5.84. The van der Waals surface area contributed by atoms with Crippen molar-refractivity contribution in [3.05, 3.63) is 59.0 Å². The molecule has 198 valence electrons. The smallest absolute Gasteiger partial charge is 0.248 e. The molecule has 1 saturated heterocycles. The molecule has 4 rings (SSSR count). The van der Waals surface area contributed by atoms with Crippen molar-refractivity contribution in [1.29, 1.82) is 0 Å². The van der Waals surface area contributed by atoms with Crippen molar-refractivity contribution < 1.29 is 14.7 Å². The molecule has 8 nitrogen and oxygen atoms in total. The highest BCUT2D eigenvalue weighted by Gasteiger charge is 2.42. The maximum atomic E-state index is 13.7. The van der Waals surface area contributed by atoms with Crippen LogP contribution in [-0.4, -0.2) is 55.3 Å². The number of thiazole rings is 1.